The average Bonchev–Trinajstić information content (AvgIpc) is 2.37. The Bertz CT molecular complexity index is 721. The number of aromatic amines is 1. The Morgan fingerprint density at radius 1 is 1.30 bits per heavy atom. The van der Waals surface area contributed by atoms with E-state index in [0.717, 1.165) is 12.3 Å². The van der Waals surface area contributed by atoms with Gasteiger partial charge in [-0.1, -0.05) is 6.07 Å². The zero-order chi connectivity index (χ0) is 14.9. The third kappa shape index (κ3) is 2.79. The van der Waals surface area contributed by atoms with Crippen LogP contribution in [0.25, 0.3) is 10.9 Å². The monoisotopic (exact) mass is 288 g/mol. The van der Waals surface area contributed by atoms with Crippen LogP contribution in [0, 0.1) is 5.82 Å². The van der Waals surface area contributed by atoms with Gasteiger partial charge in [0.2, 0.25) is 5.43 Å². The van der Waals surface area contributed by atoms with Crippen LogP contribution in [0.3, 0.4) is 0 Å². The van der Waals surface area contributed by atoms with Crippen molar-refractivity contribution < 1.29 is 22.4 Å². The van der Waals surface area contributed by atoms with Crippen LogP contribution in [-0.2, 0) is 0 Å². The third-order valence-corrected chi connectivity index (χ3v) is 2.56. The van der Waals surface area contributed by atoms with Crippen molar-refractivity contribution in [2.75, 3.05) is 6.54 Å². The molecule has 0 bridgehead atoms. The van der Waals surface area contributed by atoms with Crippen LogP contribution in [0.4, 0.5) is 17.6 Å². The van der Waals surface area contributed by atoms with Crippen molar-refractivity contribution in [3.8, 4) is 0 Å². The van der Waals surface area contributed by atoms with Gasteiger partial charge in [0.25, 0.3) is 5.91 Å². The molecule has 1 aromatic carbocycles. The van der Waals surface area contributed by atoms with E-state index in [-0.39, 0.29) is 10.9 Å². The molecule has 20 heavy (non-hydrogen) atoms. The Hall–Kier alpha value is -2.38. The van der Waals surface area contributed by atoms with Crippen LogP contribution in [0.15, 0.2) is 29.2 Å². The number of para-hydroxylation sites is 1. The molecule has 8 heteroatoms. The van der Waals surface area contributed by atoms with Crippen molar-refractivity contribution >= 4 is 16.8 Å². The summed E-state index contributed by atoms with van der Waals surface area (Å²) in [5.41, 5.74) is -1.45. The molecule has 0 unspecified atom stereocenters. The molecular formula is C12H8F4N2O2. The van der Waals surface area contributed by atoms with Crippen LogP contribution < -0.4 is 10.7 Å². The maximum absolute atomic E-state index is 13.4. The number of aromatic nitrogens is 1. The van der Waals surface area contributed by atoms with Gasteiger partial charge in [-0.15, -0.1) is 0 Å². The molecule has 0 saturated carbocycles. The van der Waals surface area contributed by atoms with Crippen molar-refractivity contribution in [3.05, 3.63) is 46.0 Å². The topological polar surface area (TPSA) is 62.0 Å². The number of benzene rings is 1. The maximum Gasteiger partial charge on any atom is 0.405 e. The van der Waals surface area contributed by atoms with Gasteiger partial charge in [0, 0.05) is 11.6 Å². The highest BCUT2D eigenvalue weighted by Crippen LogP contribution is 2.14. The largest absolute Gasteiger partial charge is 0.405 e. The Morgan fingerprint density at radius 2 is 2.00 bits per heavy atom. The Balaban J connectivity index is 2.39. The number of amides is 1. The van der Waals surface area contributed by atoms with E-state index in [0.29, 0.717) is 0 Å². The van der Waals surface area contributed by atoms with E-state index in [4.69, 9.17) is 0 Å². The minimum Gasteiger partial charge on any atom is -0.358 e. The summed E-state index contributed by atoms with van der Waals surface area (Å²) in [4.78, 5) is 25.8. The van der Waals surface area contributed by atoms with Crippen molar-refractivity contribution in [1.29, 1.82) is 0 Å². The lowest BCUT2D eigenvalue weighted by atomic mass is 10.1. The number of fused-ring (bicyclic) bond motifs is 1. The highest BCUT2D eigenvalue weighted by atomic mass is 19.4. The smallest absolute Gasteiger partial charge is 0.358 e. The lowest BCUT2D eigenvalue weighted by Crippen LogP contribution is -2.36. The van der Waals surface area contributed by atoms with E-state index in [9.17, 15) is 27.2 Å². The molecule has 1 heterocycles. The highest BCUT2D eigenvalue weighted by Gasteiger charge is 2.28. The molecule has 0 aliphatic carbocycles. The molecule has 0 aliphatic rings. The number of rotatable bonds is 2. The number of hydrogen-bond acceptors (Lipinski definition) is 2. The number of halogens is 4. The molecule has 0 saturated heterocycles. The number of alkyl halides is 3. The fourth-order valence-electron chi connectivity index (χ4n) is 1.66. The average molecular weight is 288 g/mol. The number of nitrogens with one attached hydrogen (secondary N) is 2. The second-order valence-electron chi connectivity index (χ2n) is 3.99. The Labute approximate surface area is 109 Å². The molecular weight excluding hydrogens is 280 g/mol. The zero-order valence-electron chi connectivity index (χ0n) is 9.84. The standard InChI is InChI=1S/C12H8F4N2O2/c13-8-3-1-2-6-9(8)17-4-7(10(6)19)11(20)18-5-12(14,15)16/h1-4H,5H2,(H,17,19)(H,18,20). The van der Waals surface area contributed by atoms with Gasteiger partial charge in [-0.25, -0.2) is 4.39 Å². The van der Waals surface area contributed by atoms with Gasteiger partial charge in [0.05, 0.1) is 5.52 Å². The highest BCUT2D eigenvalue weighted by molar-refractivity contribution is 5.97. The van der Waals surface area contributed by atoms with Crippen LogP contribution in [0.1, 0.15) is 10.4 Å². The molecule has 2 rings (SSSR count). The predicted octanol–water partition coefficient (Wildman–Crippen LogP) is 1.96. The number of carbonyl (C=O) groups is 1. The molecule has 2 aromatic rings. The summed E-state index contributed by atoms with van der Waals surface area (Å²) in [7, 11) is 0. The van der Waals surface area contributed by atoms with Gasteiger partial charge >= 0.3 is 6.18 Å². The summed E-state index contributed by atoms with van der Waals surface area (Å²) in [5.74, 6) is -1.86. The first kappa shape index (κ1) is 14.0. The van der Waals surface area contributed by atoms with Crippen molar-refractivity contribution in [2.24, 2.45) is 0 Å². The zero-order valence-corrected chi connectivity index (χ0v) is 9.84. The first-order valence-corrected chi connectivity index (χ1v) is 5.44. The number of hydrogen-bond donors (Lipinski definition) is 2. The Morgan fingerprint density at radius 3 is 2.65 bits per heavy atom. The van der Waals surface area contributed by atoms with E-state index in [2.05, 4.69) is 4.98 Å². The van der Waals surface area contributed by atoms with Crippen LogP contribution >= 0.6 is 0 Å². The molecule has 106 valence electrons. The van der Waals surface area contributed by atoms with Gasteiger partial charge in [-0.3, -0.25) is 9.59 Å². The van der Waals surface area contributed by atoms with Gasteiger partial charge in [0.1, 0.15) is 17.9 Å². The van der Waals surface area contributed by atoms with Crippen LogP contribution in [0.2, 0.25) is 0 Å². The second kappa shape index (κ2) is 4.95. The first-order valence-electron chi connectivity index (χ1n) is 5.44. The van der Waals surface area contributed by atoms with E-state index in [1.807, 2.05) is 0 Å². The van der Waals surface area contributed by atoms with E-state index in [1.54, 1.807) is 5.32 Å². The summed E-state index contributed by atoms with van der Waals surface area (Å²) in [6.07, 6.45) is -3.69. The molecule has 1 aromatic heterocycles. The quantitative estimate of drug-likeness (QED) is 0.830. The minimum absolute atomic E-state index is 0.107. The number of H-pyrrole nitrogens is 1. The minimum atomic E-state index is -4.58. The van der Waals surface area contributed by atoms with Crippen molar-refractivity contribution in [2.45, 2.75) is 6.18 Å². The van der Waals surface area contributed by atoms with Crippen LogP contribution in [0.5, 0.6) is 0 Å². The Kier molecular flexibility index (Phi) is 3.47. The molecule has 0 radical (unpaired) electrons. The molecule has 4 nitrogen and oxygen atoms in total. The molecule has 1 amide bonds. The summed E-state index contributed by atoms with van der Waals surface area (Å²) < 4.78 is 49.3. The normalized spacial score (nSPS) is 11.6. The summed E-state index contributed by atoms with van der Waals surface area (Å²) in [6, 6.07) is 3.66. The number of carbonyl (C=O) groups excluding carboxylic acids is 1. The van der Waals surface area contributed by atoms with E-state index >= 15 is 0 Å². The summed E-state index contributed by atoms with van der Waals surface area (Å²) in [5, 5.41) is 1.47. The van der Waals surface area contributed by atoms with Gasteiger partial charge in [0.15, 0.2) is 0 Å². The fraction of sp³-hybridized carbons (Fsp3) is 0.167. The van der Waals surface area contributed by atoms with E-state index in [1.165, 1.54) is 12.1 Å². The number of pyridine rings is 1. The van der Waals surface area contributed by atoms with Gasteiger partial charge in [-0.05, 0) is 12.1 Å². The van der Waals surface area contributed by atoms with Crippen molar-refractivity contribution in [1.82, 2.24) is 10.3 Å². The molecule has 2 N–H and O–H groups in total. The predicted molar refractivity (Wildman–Crippen MR) is 62.9 cm³/mol. The second-order valence-corrected chi connectivity index (χ2v) is 3.99. The fourth-order valence-corrected chi connectivity index (χ4v) is 1.66. The summed E-state index contributed by atoms with van der Waals surface area (Å²) >= 11 is 0. The molecule has 0 spiro atoms. The van der Waals surface area contributed by atoms with Gasteiger partial charge < -0.3 is 10.3 Å². The SMILES string of the molecule is O=C(NCC(F)(F)F)c1c[nH]c2c(F)cccc2c1=O. The van der Waals surface area contributed by atoms with Crippen LogP contribution in [-0.4, -0.2) is 23.6 Å². The lowest BCUT2D eigenvalue weighted by molar-refractivity contribution is -0.123. The van der Waals surface area contributed by atoms with Crippen molar-refractivity contribution in [3.63, 3.8) is 0 Å². The first-order chi connectivity index (χ1) is 9.29. The van der Waals surface area contributed by atoms with Gasteiger partial charge in [-0.2, -0.15) is 13.2 Å². The third-order valence-electron chi connectivity index (χ3n) is 2.56. The molecule has 0 aliphatic heterocycles. The molecule has 0 fully saturated rings. The maximum atomic E-state index is 13.4. The lowest BCUT2D eigenvalue weighted by Gasteiger charge is -2.08. The van der Waals surface area contributed by atoms with E-state index < -0.39 is 35.4 Å². The molecule has 0 atom stereocenters. The summed E-state index contributed by atoms with van der Waals surface area (Å²) in [6.45, 7) is -1.55.